The van der Waals surface area contributed by atoms with Crippen molar-refractivity contribution in [3.05, 3.63) is 72.1 Å². The van der Waals surface area contributed by atoms with Gasteiger partial charge in [-0.25, -0.2) is 9.97 Å². The molecule has 0 atom stereocenters. The Labute approximate surface area is 145 Å². The molecule has 1 amide bonds. The maximum Gasteiger partial charge on any atom is 0.254 e. The van der Waals surface area contributed by atoms with Gasteiger partial charge in [-0.3, -0.25) is 4.79 Å². The molecule has 7 nitrogen and oxygen atoms in total. The van der Waals surface area contributed by atoms with Crippen molar-refractivity contribution in [1.29, 1.82) is 0 Å². The summed E-state index contributed by atoms with van der Waals surface area (Å²) >= 11 is 0. The zero-order valence-electron chi connectivity index (χ0n) is 14.3. The van der Waals surface area contributed by atoms with Crippen LogP contribution in [0.4, 0.5) is 0 Å². The van der Waals surface area contributed by atoms with Crippen LogP contribution in [0.25, 0.3) is 0 Å². The molecule has 0 bridgehead atoms. The van der Waals surface area contributed by atoms with Crippen molar-refractivity contribution in [1.82, 2.24) is 19.8 Å². The summed E-state index contributed by atoms with van der Waals surface area (Å²) < 4.78 is 10.0. The van der Waals surface area contributed by atoms with Crippen LogP contribution in [0.5, 0.6) is 0 Å². The van der Waals surface area contributed by atoms with E-state index in [0.29, 0.717) is 30.0 Å². The summed E-state index contributed by atoms with van der Waals surface area (Å²) in [5.74, 6) is -0.0950. The lowest BCUT2D eigenvalue weighted by atomic mass is 10.1. The highest BCUT2D eigenvalue weighted by Gasteiger charge is 2.19. The first-order chi connectivity index (χ1) is 12.1. The number of carbonyl (C=O) groups excluding carboxylic acids is 1. The molecule has 0 fully saturated rings. The second kappa shape index (κ2) is 7.76. The first kappa shape index (κ1) is 16.9. The van der Waals surface area contributed by atoms with E-state index >= 15 is 0 Å². The van der Waals surface area contributed by atoms with Gasteiger partial charge in [0.05, 0.1) is 24.5 Å². The molecule has 0 aliphatic carbocycles. The number of carbonyl (C=O) groups is 1. The van der Waals surface area contributed by atoms with Crippen molar-refractivity contribution in [2.75, 3.05) is 14.1 Å². The van der Waals surface area contributed by atoms with Gasteiger partial charge in [-0.05, 0) is 31.8 Å². The quantitative estimate of drug-likeness (QED) is 0.658. The number of aromatic nitrogens is 2. The van der Waals surface area contributed by atoms with Gasteiger partial charge >= 0.3 is 0 Å². The number of nitrogens with zero attached hydrogens (tertiary/aromatic N) is 4. The molecule has 7 heteroatoms. The first-order valence-electron chi connectivity index (χ1n) is 7.89. The lowest BCUT2D eigenvalue weighted by Gasteiger charge is -2.21. The Morgan fingerprint density at radius 3 is 1.92 bits per heavy atom. The molecule has 0 radical (unpaired) electrons. The van der Waals surface area contributed by atoms with Crippen molar-refractivity contribution in [2.45, 2.75) is 19.6 Å². The van der Waals surface area contributed by atoms with Gasteiger partial charge in [-0.1, -0.05) is 12.1 Å². The van der Waals surface area contributed by atoms with Crippen molar-refractivity contribution < 1.29 is 13.6 Å². The molecule has 0 spiro atoms. The third kappa shape index (κ3) is 4.54. The van der Waals surface area contributed by atoms with Crippen LogP contribution < -0.4 is 0 Å². The van der Waals surface area contributed by atoms with E-state index in [4.69, 9.17) is 8.83 Å². The maximum atomic E-state index is 12.9. The van der Waals surface area contributed by atoms with Gasteiger partial charge in [0.25, 0.3) is 5.91 Å². The minimum atomic E-state index is -0.0950. The second-order valence-corrected chi connectivity index (χ2v) is 6.06. The fraction of sp³-hybridized carbons (Fsp3) is 0.278. The van der Waals surface area contributed by atoms with Gasteiger partial charge in [-0.2, -0.15) is 0 Å². The Morgan fingerprint density at radius 2 is 1.48 bits per heavy atom. The molecule has 1 aromatic carbocycles. The van der Waals surface area contributed by atoms with E-state index in [9.17, 15) is 4.79 Å². The summed E-state index contributed by atoms with van der Waals surface area (Å²) in [7, 11) is 4.02. The van der Waals surface area contributed by atoms with Crippen LogP contribution in [0, 0.1) is 0 Å². The van der Waals surface area contributed by atoms with E-state index in [2.05, 4.69) is 14.9 Å². The van der Waals surface area contributed by atoms with E-state index in [1.165, 1.54) is 25.3 Å². The molecule has 0 N–H and O–H groups in total. The first-order valence-corrected chi connectivity index (χ1v) is 7.89. The predicted octanol–water partition coefficient (Wildman–Crippen LogP) is 2.57. The minimum absolute atomic E-state index is 0.0950. The van der Waals surface area contributed by atoms with Crippen LogP contribution >= 0.6 is 0 Å². The van der Waals surface area contributed by atoms with Crippen molar-refractivity contribution >= 4 is 5.91 Å². The SMILES string of the molecule is CN(C)Cc1ccc(C(=O)N(Cc2cocn2)Cc2cocn2)cc1. The van der Waals surface area contributed by atoms with Crippen molar-refractivity contribution in [2.24, 2.45) is 0 Å². The standard InChI is InChI=1S/C18H20N4O3/c1-21(2)7-14-3-5-15(6-4-14)18(23)22(8-16-10-24-12-19-16)9-17-11-25-13-20-17/h3-6,10-13H,7-9H2,1-2H3. The lowest BCUT2D eigenvalue weighted by molar-refractivity contribution is 0.0725. The Kier molecular flexibility index (Phi) is 5.25. The summed E-state index contributed by atoms with van der Waals surface area (Å²) in [6, 6.07) is 7.63. The van der Waals surface area contributed by atoms with Crippen molar-refractivity contribution in [3.63, 3.8) is 0 Å². The average Bonchev–Trinajstić information content (AvgIpc) is 3.28. The molecule has 0 aliphatic rings. The van der Waals surface area contributed by atoms with E-state index in [0.717, 1.165) is 12.1 Å². The van der Waals surface area contributed by atoms with Crippen LogP contribution in [0.15, 0.2) is 58.4 Å². The number of amides is 1. The smallest absolute Gasteiger partial charge is 0.254 e. The molecule has 0 unspecified atom stereocenters. The van der Waals surface area contributed by atoms with E-state index < -0.39 is 0 Å². The monoisotopic (exact) mass is 340 g/mol. The van der Waals surface area contributed by atoms with Gasteiger partial charge in [0.2, 0.25) is 0 Å². The molecule has 0 saturated carbocycles. The third-order valence-corrected chi connectivity index (χ3v) is 3.66. The van der Waals surface area contributed by atoms with Crippen LogP contribution in [0.2, 0.25) is 0 Å². The molecular formula is C18H20N4O3. The third-order valence-electron chi connectivity index (χ3n) is 3.66. The fourth-order valence-corrected chi connectivity index (χ4v) is 2.52. The van der Waals surface area contributed by atoms with Crippen LogP contribution in [-0.2, 0) is 19.6 Å². The summed E-state index contributed by atoms with van der Waals surface area (Å²) in [5, 5.41) is 0. The van der Waals surface area contributed by atoms with Crippen LogP contribution in [0.3, 0.4) is 0 Å². The fourth-order valence-electron chi connectivity index (χ4n) is 2.52. The molecular weight excluding hydrogens is 320 g/mol. The average molecular weight is 340 g/mol. The van der Waals surface area contributed by atoms with Gasteiger partial charge in [0, 0.05) is 12.1 Å². The Balaban J connectivity index is 1.77. The van der Waals surface area contributed by atoms with E-state index in [-0.39, 0.29) is 5.91 Å². The summed E-state index contributed by atoms with van der Waals surface area (Å²) in [4.78, 5) is 24.9. The highest BCUT2D eigenvalue weighted by Crippen LogP contribution is 2.14. The summed E-state index contributed by atoms with van der Waals surface area (Å²) in [5.41, 5.74) is 3.14. The van der Waals surface area contributed by atoms with E-state index in [1.807, 2.05) is 38.4 Å². The highest BCUT2D eigenvalue weighted by atomic mass is 16.3. The van der Waals surface area contributed by atoms with Gasteiger partial charge in [-0.15, -0.1) is 0 Å². The number of hydrogen-bond acceptors (Lipinski definition) is 6. The summed E-state index contributed by atoms with van der Waals surface area (Å²) in [6.45, 7) is 1.50. The van der Waals surface area contributed by atoms with Crippen molar-refractivity contribution in [3.8, 4) is 0 Å². The van der Waals surface area contributed by atoms with Crippen LogP contribution in [0.1, 0.15) is 27.3 Å². The molecule has 0 saturated heterocycles. The molecule has 3 aromatic rings. The lowest BCUT2D eigenvalue weighted by Crippen LogP contribution is -2.30. The molecule has 2 heterocycles. The van der Waals surface area contributed by atoms with Crippen LogP contribution in [-0.4, -0.2) is 39.8 Å². The number of oxazole rings is 2. The number of rotatable bonds is 7. The highest BCUT2D eigenvalue weighted by molar-refractivity contribution is 5.94. The number of hydrogen-bond donors (Lipinski definition) is 0. The maximum absolute atomic E-state index is 12.9. The molecule has 130 valence electrons. The normalized spacial score (nSPS) is 11.0. The Hall–Kier alpha value is -2.93. The molecule has 0 aliphatic heterocycles. The Morgan fingerprint density at radius 1 is 0.920 bits per heavy atom. The largest absolute Gasteiger partial charge is 0.451 e. The Bertz CT molecular complexity index is 744. The van der Waals surface area contributed by atoms with E-state index in [1.54, 1.807) is 4.90 Å². The van der Waals surface area contributed by atoms with Gasteiger partial charge < -0.3 is 18.6 Å². The predicted molar refractivity (Wildman–Crippen MR) is 90.4 cm³/mol. The molecule has 3 rings (SSSR count). The van der Waals surface area contributed by atoms with Gasteiger partial charge in [0.15, 0.2) is 12.8 Å². The second-order valence-electron chi connectivity index (χ2n) is 6.06. The summed E-state index contributed by atoms with van der Waals surface area (Å²) in [6.07, 6.45) is 5.76. The zero-order chi connectivity index (χ0) is 17.6. The molecule has 25 heavy (non-hydrogen) atoms. The van der Waals surface area contributed by atoms with Gasteiger partial charge in [0.1, 0.15) is 12.5 Å². The zero-order valence-corrected chi connectivity index (χ0v) is 14.3. The minimum Gasteiger partial charge on any atom is -0.451 e. The number of benzene rings is 1. The molecule has 2 aromatic heterocycles. The topological polar surface area (TPSA) is 75.6 Å².